The van der Waals surface area contributed by atoms with Gasteiger partial charge in [0.25, 0.3) is 0 Å². The standard InChI is InChI=1S/C14H15F3O6S/c15-12-10-8(23-7-3-6(19)4-7)1-2-9(24(21,22)5-18)11(10)13(20)14(12,16)17/h1-2,6-7,12-13,18-20H,3-5H2/t6?,7?,12-,13+/m1/s1. The second kappa shape index (κ2) is 5.58. The molecule has 3 N–H and O–H groups in total. The monoisotopic (exact) mass is 368 g/mol. The Kier molecular flexibility index (Phi) is 4.06. The molecule has 1 aromatic rings. The molecule has 1 fully saturated rings. The van der Waals surface area contributed by atoms with Crippen LogP contribution < -0.4 is 4.74 Å². The summed E-state index contributed by atoms with van der Waals surface area (Å²) in [5, 5.41) is 27.9. The average Bonchev–Trinajstić information content (AvgIpc) is 2.67. The van der Waals surface area contributed by atoms with E-state index in [-0.39, 0.29) is 18.6 Å². The fraction of sp³-hybridized carbons (Fsp3) is 0.571. The van der Waals surface area contributed by atoms with Gasteiger partial charge in [0, 0.05) is 24.0 Å². The van der Waals surface area contributed by atoms with Crippen molar-refractivity contribution >= 4 is 9.84 Å². The normalized spacial score (nSPS) is 31.4. The summed E-state index contributed by atoms with van der Waals surface area (Å²) >= 11 is 0. The summed E-state index contributed by atoms with van der Waals surface area (Å²) < 4.78 is 71.1. The van der Waals surface area contributed by atoms with Crippen LogP contribution in [0.1, 0.15) is 36.2 Å². The first-order valence-corrected chi connectivity index (χ1v) is 8.80. The Morgan fingerprint density at radius 2 is 1.83 bits per heavy atom. The summed E-state index contributed by atoms with van der Waals surface area (Å²) in [5.74, 6) is -5.90. The van der Waals surface area contributed by atoms with E-state index in [1.165, 1.54) is 0 Å². The van der Waals surface area contributed by atoms with Crippen LogP contribution in [0.15, 0.2) is 17.0 Å². The molecule has 134 valence electrons. The predicted octanol–water partition coefficient (Wildman–Crippen LogP) is 1.01. The molecule has 24 heavy (non-hydrogen) atoms. The summed E-state index contributed by atoms with van der Waals surface area (Å²) in [6, 6.07) is 1.92. The third-order valence-electron chi connectivity index (χ3n) is 4.31. The van der Waals surface area contributed by atoms with Gasteiger partial charge in [0.1, 0.15) is 23.9 Å². The van der Waals surface area contributed by atoms with Crippen molar-refractivity contribution in [3.05, 3.63) is 23.3 Å². The molecule has 0 unspecified atom stereocenters. The van der Waals surface area contributed by atoms with E-state index in [2.05, 4.69) is 0 Å². The molecule has 0 heterocycles. The lowest BCUT2D eigenvalue weighted by atomic mass is 9.92. The molecule has 2 aliphatic rings. The van der Waals surface area contributed by atoms with Crippen molar-refractivity contribution in [2.75, 3.05) is 5.94 Å². The first-order chi connectivity index (χ1) is 11.1. The van der Waals surface area contributed by atoms with E-state index in [9.17, 15) is 31.8 Å². The summed E-state index contributed by atoms with van der Waals surface area (Å²) in [7, 11) is -4.38. The van der Waals surface area contributed by atoms with Crippen LogP contribution >= 0.6 is 0 Å². The Morgan fingerprint density at radius 1 is 1.21 bits per heavy atom. The Balaban J connectivity index is 2.13. The van der Waals surface area contributed by atoms with E-state index < -0.39 is 62.2 Å². The highest BCUT2D eigenvalue weighted by atomic mass is 32.2. The van der Waals surface area contributed by atoms with Crippen LogP contribution in [0.5, 0.6) is 5.75 Å². The van der Waals surface area contributed by atoms with Crippen LogP contribution in [0, 0.1) is 0 Å². The van der Waals surface area contributed by atoms with Gasteiger partial charge in [-0.15, -0.1) is 0 Å². The molecule has 0 saturated heterocycles. The highest BCUT2D eigenvalue weighted by Crippen LogP contribution is 2.57. The number of fused-ring (bicyclic) bond motifs is 1. The molecule has 0 amide bonds. The number of aliphatic hydroxyl groups is 3. The largest absolute Gasteiger partial charge is 0.490 e. The molecule has 10 heteroatoms. The van der Waals surface area contributed by atoms with Gasteiger partial charge >= 0.3 is 5.92 Å². The van der Waals surface area contributed by atoms with Gasteiger partial charge in [0.2, 0.25) is 9.84 Å². The third kappa shape index (κ3) is 2.48. The highest BCUT2D eigenvalue weighted by Gasteiger charge is 2.59. The molecular formula is C14H15F3O6S. The Morgan fingerprint density at radius 3 is 2.38 bits per heavy atom. The summed E-state index contributed by atoms with van der Waals surface area (Å²) in [6.45, 7) is 0. The lowest BCUT2D eigenvalue weighted by Gasteiger charge is -2.32. The lowest BCUT2D eigenvalue weighted by Crippen LogP contribution is -2.37. The average molecular weight is 368 g/mol. The van der Waals surface area contributed by atoms with Gasteiger partial charge in [0.15, 0.2) is 6.17 Å². The van der Waals surface area contributed by atoms with Crippen LogP contribution in [0.3, 0.4) is 0 Å². The van der Waals surface area contributed by atoms with E-state index in [0.29, 0.717) is 0 Å². The van der Waals surface area contributed by atoms with Crippen molar-refractivity contribution in [2.24, 2.45) is 0 Å². The van der Waals surface area contributed by atoms with Crippen molar-refractivity contribution in [3.8, 4) is 5.75 Å². The molecule has 1 saturated carbocycles. The van der Waals surface area contributed by atoms with Crippen molar-refractivity contribution in [2.45, 2.75) is 48.1 Å². The fourth-order valence-corrected chi connectivity index (χ4v) is 3.89. The number of ether oxygens (including phenoxy) is 1. The summed E-state index contributed by atoms with van der Waals surface area (Å²) in [6.07, 6.45) is -6.25. The maximum Gasteiger partial charge on any atom is 0.312 e. The van der Waals surface area contributed by atoms with Gasteiger partial charge in [-0.05, 0) is 12.1 Å². The number of rotatable bonds is 4. The van der Waals surface area contributed by atoms with Crippen molar-refractivity contribution in [1.82, 2.24) is 0 Å². The predicted molar refractivity (Wildman–Crippen MR) is 74.1 cm³/mol. The van der Waals surface area contributed by atoms with E-state index in [1.807, 2.05) is 0 Å². The van der Waals surface area contributed by atoms with E-state index >= 15 is 0 Å². The van der Waals surface area contributed by atoms with Gasteiger partial charge in [-0.3, -0.25) is 0 Å². The molecule has 0 bridgehead atoms. The Bertz CT molecular complexity index is 760. The SMILES string of the molecule is O=S(=O)(CO)c1ccc(OC2CC(O)C2)c2c1[C@H](O)C(F)(F)[C@@H]2F. The Labute approximate surface area is 135 Å². The van der Waals surface area contributed by atoms with Crippen LogP contribution in [-0.2, 0) is 9.84 Å². The molecule has 0 radical (unpaired) electrons. The van der Waals surface area contributed by atoms with Gasteiger partial charge in [-0.25, -0.2) is 12.8 Å². The third-order valence-corrected chi connectivity index (χ3v) is 5.67. The van der Waals surface area contributed by atoms with Crippen LogP contribution in [0.4, 0.5) is 13.2 Å². The van der Waals surface area contributed by atoms with Crippen molar-refractivity contribution < 1.29 is 41.6 Å². The smallest absolute Gasteiger partial charge is 0.312 e. The number of benzene rings is 1. The number of sulfone groups is 1. The molecule has 1 aromatic carbocycles. The second-order valence-corrected chi connectivity index (χ2v) is 7.87. The number of alkyl halides is 3. The topological polar surface area (TPSA) is 104 Å². The minimum absolute atomic E-state index is 0.237. The highest BCUT2D eigenvalue weighted by molar-refractivity contribution is 7.91. The molecule has 2 atom stereocenters. The minimum Gasteiger partial charge on any atom is -0.490 e. The maximum atomic E-state index is 14.2. The first-order valence-electron chi connectivity index (χ1n) is 7.14. The molecule has 2 aliphatic carbocycles. The fourth-order valence-electron chi connectivity index (χ4n) is 2.92. The molecule has 0 aromatic heterocycles. The number of aliphatic hydroxyl groups excluding tert-OH is 3. The number of halogens is 3. The van der Waals surface area contributed by atoms with Crippen molar-refractivity contribution in [1.29, 1.82) is 0 Å². The summed E-state index contributed by atoms with van der Waals surface area (Å²) in [4.78, 5) is -0.756. The quantitative estimate of drug-likeness (QED) is 0.733. The molecule has 0 spiro atoms. The number of hydrogen-bond donors (Lipinski definition) is 3. The molecule has 6 nitrogen and oxygen atoms in total. The van der Waals surface area contributed by atoms with Gasteiger partial charge in [0.05, 0.1) is 11.0 Å². The summed E-state index contributed by atoms with van der Waals surface area (Å²) in [5.41, 5.74) is -1.53. The minimum atomic E-state index is -4.38. The van der Waals surface area contributed by atoms with Crippen LogP contribution in [-0.4, -0.2) is 47.8 Å². The van der Waals surface area contributed by atoms with Gasteiger partial charge < -0.3 is 20.1 Å². The first kappa shape index (κ1) is 17.5. The van der Waals surface area contributed by atoms with Crippen molar-refractivity contribution in [3.63, 3.8) is 0 Å². The zero-order chi connectivity index (χ0) is 17.9. The second-order valence-electron chi connectivity index (χ2n) is 5.94. The van der Waals surface area contributed by atoms with Gasteiger partial charge in [-0.2, -0.15) is 8.78 Å². The van der Waals surface area contributed by atoms with E-state index in [4.69, 9.17) is 9.84 Å². The van der Waals surface area contributed by atoms with Crippen LogP contribution in [0.2, 0.25) is 0 Å². The Hall–Kier alpha value is -1.36. The molecular weight excluding hydrogens is 353 g/mol. The maximum absolute atomic E-state index is 14.2. The zero-order valence-electron chi connectivity index (χ0n) is 12.2. The molecule has 0 aliphatic heterocycles. The van der Waals surface area contributed by atoms with Gasteiger partial charge in [-0.1, -0.05) is 0 Å². The van der Waals surface area contributed by atoms with Crippen LogP contribution in [0.25, 0.3) is 0 Å². The van der Waals surface area contributed by atoms with E-state index in [1.54, 1.807) is 0 Å². The number of hydrogen-bond acceptors (Lipinski definition) is 6. The van der Waals surface area contributed by atoms with E-state index in [0.717, 1.165) is 12.1 Å². The molecule has 3 rings (SSSR count). The zero-order valence-corrected chi connectivity index (χ0v) is 13.0. The lowest BCUT2D eigenvalue weighted by molar-refractivity contribution is -0.144.